The highest BCUT2D eigenvalue weighted by molar-refractivity contribution is 8.00. The number of thioether (sulfide) groups is 1. The van der Waals surface area contributed by atoms with Crippen molar-refractivity contribution in [3.63, 3.8) is 0 Å². The first-order valence-electron chi connectivity index (χ1n) is 8.54. The Labute approximate surface area is 149 Å². The number of guanidine groups is 1. The lowest BCUT2D eigenvalue weighted by Crippen LogP contribution is -2.40. The van der Waals surface area contributed by atoms with Gasteiger partial charge in [-0.05, 0) is 50.1 Å². The molecule has 1 aliphatic rings. The molecule has 6 heteroatoms. The van der Waals surface area contributed by atoms with E-state index < -0.39 is 6.10 Å². The Balaban J connectivity index is 1.89. The Morgan fingerprint density at radius 3 is 2.71 bits per heavy atom. The summed E-state index contributed by atoms with van der Waals surface area (Å²) in [7, 11) is 1.63. The molecule has 1 saturated heterocycles. The average Bonchev–Trinajstić information content (AvgIpc) is 3.04. The van der Waals surface area contributed by atoms with Crippen molar-refractivity contribution in [3.05, 3.63) is 29.8 Å². The Morgan fingerprint density at radius 2 is 2.12 bits per heavy atom. The van der Waals surface area contributed by atoms with Crippen molar-refractivity contribution in [2.24, 2.45) is 4.99 Å². The number of ether oxygens (including phenoxy) is 1. The van der Waals surface area contributed by atoms with Gasteiger partial charge in [0.05, 0.1) is 19.8 Å². The summed E-state index contributed by atoms with van der Waals surface area (Å²) in [6, 6.07) is 7.48. The Bertz CT molecular complexity index is 528. The van der Waals surface area contributed by atoms with E-state index in [9.17, 15) is 5.11 Å². The third-order valence-electron chi connectivity index (χ3n) is 4.18. The highest BCUT2D eigenvalue weighted by atomic mass is 32.2. The van der Waals surface area contributed by atoms with Crippen LogP contribution < -0.4 is 15.4 Å². The van der Waals surface area contributed by atoms with Crippen molar-refractivity contribution in [3.8, 4) is 5.75 Å². The number of aliphatic hydroxyl groups excluding tert-OH is 1. The lowest BCUT2D eigenvalue weighted by Gasteiger charge is -2.21. The fourth-order valence-corrected chi connectivity index (χ4v) is 3.91. The Kier molecular flexibility index (Phi) is 7.24. The maximum Gasteiger partial charge on any atom is 0.191 e. The molecule has 3 N–H and O–H groups in total. The molecule has 0 amide bonds. The predicted molar refractivity (Wildman–Crippen MR) is 102 cm³/mol. The molecule has 0 bridgehead atoms. The van der Waals surface area contributed by atoms with E-state index in [1.54, 1.807) is 7.11 Å². The van der Waals surface area contributed by atoms with Crippen LogP contribution in [-0.2, 0) is 0 Å². The fourth-order valence-electron chi connectivity index (χ4n) is 2.69. The van der Waals surface area contributed by atoms with Gasteiger partial charge in [0.1, 0.15) is 5.75 Å². The summed E-state index contributed by atoms with van der Waals surface area (Å²) in [5.74, 6) is 2.78. The number of nitrogens with one attached hydrogen (secondary N) is 2. The first-order valence-corrected chi connectivity index (χ1v) is 9.53. The van der Waals surface area contributed by atoms with E-state index in [1.165, 1.54) is 18.6 Å². The normalized spacial score (nSPS) is 22.2. The zero-order chi connectivity index (χ0) is 17.4. The van der Waals surface area contributed by atoms with E-state index in [2.05, 4.69) is 17.6 Å². The first kappa shape index (κ1) is 18.9. The first-order chi connectivity index (χ1) is 11.6. The molecule has 2 atom stereocenters. The van der Waals surface area contributed by atoms with Crippen LogP contribution in [-0.4, -0.2) is 48.3 Å². The minimum atomic E-state index is -0.587. The molecule has 1 aliphatic heterocycles. The molecule has 0 aliphatic carbocycles. The van der Waals surface area contributed by atoms with Crippen molar-refractivity contribution in [1.29, 1.82) is 0 Å². The highest BCUT2D eigenvalue weighted by Gasteiger charge is 2.29. The van der Waals surface area contributed by atoms with Crippen LogP contribution in [0, 0.1) is 0 Å². The van der Waals surface area contributed by atoms with Gasteiger partial charge in [0.25, 0.3) is 0 Å². The third kappa shape index (κ3) is 5.60. The van der Waals surface area contributed by atoms with Gasteiger partial charge in [-0.3, -0.25) is 4.99 Å². The molecule has 24 heavy (non-hydrogen) atoms. The number of benzene rings is 1. The lowest BCUT2D eigenvalue weighted by molar-refractivity contribution is 0.180. The summed E-state index contributed by atoms with van der Waals surface area (Å²) in [5.41, 5.74) is 0.859. The molecule has 1 aromatic carbocycles. The molecule has 1 aromatic rings. The average molecular weight is 352 g/mol. The number of hydrogen-bond donors (Lipinski definition) is 3. The van der Waals surface area contributed by atoms with Crippen LogP contribution >= 0.6 is 11.8 Å². The number of hydrogen-bond acceptors (Lipinski definition) is 4. The molecule has 0 spiro atoms. The molecule has 1 heterocycles. The molecular formula is C18H29N3O2S. The van der Waals surface area contributed by atoms with E-state index in [-0.39, 0.29) is 4.75 Å². The van der Waals surface area contributed by atoms with Gasteiger partial charge >= 0.3 is 0 Å². The maximum atomic E-state index is 10.3. The monoisotopic (exact) mass is 351 g/mol. The van der Waals surface area contributed by atoms with Crippen LogP contribution in [0.3, 0.4) is 0 Å². The Hall–Kier alpha value is -1.40. The van der Waals surface area contributed by atoms with E-state index in [0.717, 1.165) is 30.4 Å². The minimum absolute atomic E-state index is 0.247. The summed E-state index contributed by atoms with van der Waals surface area (Å²) >= 11 is 2.01. The highest BCUT2D eigenvalue weighted by Crippen LogP contribution is 2.37. The van der Waals surface area contributed by atoms with E-state index in [0.29, 0.717) is 6.54 Å². The van der Waals surface area contributed by atoms with Crippen LogP contribution in [0.5, 0.6) is 5.75 Å². The summed E-state index contributed by atoms with van der Waals surface area (Å²) in [6.45, 7) is 6.34. The number of rotatable bonds is 7. The molecule has 0 saturated carbocycles. The van der Waals surface area contributed by atoms with E-state index in [1.807, 2.05) is 43.0 Å². The zero-order valence-electron chi connectivity index (χ0n) is 14.8. The molecule has 2 unspecified atom stereocenters. The minimum Gasteiger partial charge on any atom is -0.497 e. The summed E-state index contributed by atoms with van der Waals surface area (Å²) < 4.78 is 5.39. The summed E-state index contributed by atoms with van der Waals surface area (Å²) in [4.78, 5) is 4.70. The van der Waals surface area contributed by atoms with Crippen LogP contribution in [0.4, 0.5) is 0 Å². The van der Waals surface area contributed by atoms with Gasteiger partial charge < -0.3 is 20.5 Å². The number of nitrogens with zero attached hydrogens (tertiary/aromatic N) is 1. The molecule has 5 nitrogen and oxygen atoms in total. The molecule has 1 fully saturated rings. The SMILES string of the molecule is CCNC(=NCC1(C)CCCS1)NCC(O)c1ccc(OC)cc1. The predicted octanol–water partition coefficient (Wildman–Crippen LogP) is 2.57. The van der Waals surface area contributed by atoms with Crippen molar-refractivity contribution in [2.45, 2.75) is 37.5 Å². The fraction of sp³-hybridized carbons (Fsp3) is 0.611. The van der Waals surface area contributed by atoms with Gasteiger partial charge in [0, 0.05) is 17.8 Å². The van der Waals surface area contributed by atoms with E-state index >= 15 is 0 Å². The standard InChI is InChI=1S/C18H29N3O2S/c1-4-19-17(21-13-18(2)10-5-11-24-18)20-12-16(22)14-6-8-15(23-3)9-7-14/h6-9,16,22H,4-5,10-13H2,1-3H3,(H2,19,20,21). The van der Waals surface area contributed by atoms with Crippen molar-refractivity contribution in [1.82, 2.24) is 10.6 Å². The van der Waals surface area contributed by atoms with Crippen LogP contribution in [0.15, 0.2) is 29.3 Å². The van der Waals surface area contributed by atoms with Crippen molar-refractivity contribution < 1.29 is 9.84 Å². The second kappa shape index (κ2) is 9.18. The second-order valence-electron chi connectivity index (χ2n) is 6.27. The topological polar surface area (TPSA) is 65.9 Å². The summed E-state index contributed by atoms with van der Waals surface area (Å²) in [6.07, 6.45) is 1.91. The van der Waals surface area contributed by atoms with Crippen LogP contribution in [0.25, 0.3) is 0 Å². The second-order valence-corrected chi connectivity index (χ2v) is 7.95. The van der Waals surface area contributed by atoms with Crippen LogP contribution in [0.1, 0.15) is 38.4 Å². The quantitative estimate of drug-likeness (QED) is 0.520. The Morgan fingerprint density at radius 1 is 1.38 bits per heavy atom. The maximum absolute atomic E-state index is 10.3. The lowest BCUT2D eigenvalue weighted by atomic mass is 10.1. The largest absolute Gasteiger partial charge is 0.497 e. The van der Waals surface area contributed by atoms with Gasteiger partial charge in [-0.15, -0.1) is 0 Å². The summed E-state index contributed by atoms with van der Waals surface area (Å²) in [5, 5.41) is 16.8. The smallest absolute Gasteiger partial charge is 0.191 e. The molecule has 134 valence electrons. The van der Waals surface area contributed by atoms with Crippen molar-refractivity contribution >= 4 is 17.7 Å². The molecular weight excluding hydrogens is 322 g/mol. The molecule has 0 radical (unpaired) electrons. The zero-order valence-corrected chi connectivity index (χ0v) is 15.7. The number of aliphatic hydroxyl groups is 1. The van der Waals surface area contributed by atoms with E-state index in [4.69, 9.17) is 9.73 Å². The van der Waals surface area contributed by atoms with Gasteiger partial charge in [-0.2, -0.15) is 11.8 Å². The number of methoxy groups -OCH3 is 1. The van der Waals surface area contributed by atoms with Gasteiger partial charge in [0.15, 0.2) is 5.96 Å². The van der Waals surface area contributed by atoms with Gasteiger partial charge in [-0.25, -0.2) is 0 Å². The van der Waals surface area contributed by atoms with Crippen molar-refractivity contribution in [2.75, 3.05) is 32.5 Å². The third-order valence-corrected chi connectivity index (χ3v) is 5.70. The molecule has 2 rings (SSSR count). The number of aliphatic imine (C=N–C) groups is 1. The van der Waals surface area contributed by atoms with Crippen LogP contribution in [0.2, 0.25) is 0 Å². The van der Waals surface area contributed by atoms with Gasteiger partial charge in [-0.1, -0.05) is 12.1 Å². The molecule has 0 aromatic heterocycles. The van der Waals surface area contributed by atoms with Gasteiger partial charge in [0.2, 0.25) is 0 Å².